The predicted octanol–water partition coefficient (Wildman–Crippen LogP) is 4.77. The summed E-state index contributed by atoms with van der Waals surface area (Å²) in [5.74, 6) is 2.14. The lowest BCUT2D eigenvalue weighted by Crippen LogP contribution is -2.28. The molecule has 0 saturated heterocycles. The van der Waals surface area contributed by atoms with E-state index < -0.39 is 0 Å². The highest BCUT2D eigenvalue weighted by atomic mass is 16.5. The zero-order valence-electron chi connectivity index (χ0n) is 18.5. The first kappa shape index (κ1) is 22.2. The average Bonchev–Trinajstić information content (AvgIpc) is 3.20. The number of oxazole rings is 1. The van der Waals surface area contributed by atoms with E-state index in [1.807, 2.05) is 24.3 Å². The van der Waals surface area contributed by atoms with Gasteiger partial charge in [-0.25, -0.2) is 4.98 Å². The van der Waals surface area contributed by atoms with Gasteiger partial charge in [0.05, 0.1) is 21.3 Å². The third-order valence-electron chi connectivity index (χ3n) is 4.75. The summed E-state index contributed by atoms with van der Waals surface area (Å²) in [5.41, 5.74) is 2.22. The number of fused-ring (bicyclic) bond motifs is 1. The number of benzene rings is 2. The van der Waals surface area contributed by atoms with Gasteiger partial charge in [-0.2, -0.15) is 0 Å². The Bertz CT molecular complexity index is 1010. The van der Waals surface area contributed by atoms with Gasteiger partial charge in [0.2, 0.25) is 17.5 Å². The van der Waals surface area contributed by atoms with Gasteiger partial charge in [-0.05, 0) is 48.2 Å². The lowest BCUT2D eigenvalue weighted by Gasteiger charge is -2.16. The molecule has 0 bridgehead atoms. The molecule has 7 heteroatoms. The second kappa shape index (κ2) is 10.0. The molecule has 1 N–H and O–H groups in total. The van der Waals surface area contributed by atoms with Gasteiger partial charge in [0.15, 0.2) is 17.1 Å². The number of methoxy groups -OCH3 is 3. The topological polar surface area (TPSA) is 82.8 Å². The molecule has 1 heterocycles. The zero-order valence-corrected chi connectivity index (χ0v) is 18.5. The number of para-hydroxylation sites is 2. The monoisotopic (exact) mass is 424 g/mol. The fourth-order valence-corrected chi connectivity index (χ4v) is 3.32. The van der Waals surface area contributed by atoms with Crippen molar-refractivity contribution >= 4 is 23.1 Å². The Kier molecular flexibility index (Phi) is 7.18. The predicted molar refractivity (Wildman–Crippen MR) is 119 cm³/mol. The lowest BCUT2D eigenvalue weighted by atomic mass is 10.0. The third kappa shape index (κ3) is 5.36. The van der Waals surface area contributed by atoms with Crippen molar-refractivity contribution < 1.29 is 23.4 Å². The number of nitrogens with one attached hydrogen (secondary N) is 1. The highest BCUT2D eigenvalue weighted by Crippen LogP contribution is 2.38. The Balaban J connectivity index is 1.80. The minimum Gasteiger partial charge on any atom is -0.493 e. The molecule has 0 saturated carbocycles. The van der Waals surface area contributed by atoms with Crippen molar-refractivity contribution in [3.05, 3.63) is 53.9 Å². The average molecular weight is 424 g/mol. The SMILES string of the molecule is COc1cc(/C=C/C(=O)N[C@@H](CC(C)C)c2nc3ccccc3o2)cc(OC)c1OC. The molecule has 31 heavy (non-hydrogen) atoms. The molecule has 7 nitrogen and oxygen atoms in total. The number of nitrogens with zero attached hydrogens (tertiary/aromatic N) is 1. The van der Waals surface area contributed by atoms with Gasteiger partial charge in [-0.15, -0.1) is 0 Å². The highest BCUT2D eigenvalue weighted by molar-refractivity contribution is 5.92. The summed E-state index contributed by atoms with van der Waals surface area (Å²) in [6.45, 7) is 4.18. The maximum absolute atomic E-state index is 12.7. The van der Waals surface area contributed by atoms with Crippen LogP contribution in [-0.4, -0.2) is 32.2 Å². The van der Waals surface area contributed by atoms with Gasteiger partial charge in [-0.3, -0.25) is 4.79 Å². The van der Waals surface area contributed by atoms with Crippen LogP contribution in [0, 0.1) is 5.92 Å². The van der Waals surface area contributed by atoms with Crippen LogP contribution in [0.4, 0.5) is 0 Å². The fraction of sp³-hybridized carbons (Fsp3) is 0.333. The van der Waals surface area contributed by atoms with Crippen LogP contribution < -0.4 is 19.5 Å². The number of carbonyl (C=O) groups is 1. The summed E-state index contributed by atoms with van der Waals surface area (Å²) >= 11 is 0. The van der Waals surface area contributed by atoms with Gasteiger partial charge in [0, 0.05) is 6.08 Å². The first-order valence-electron chi connectivity index (χ1n) is 10.1. The summed E-state index contributed by atoms with van der Waals surface area (Å²) in [6.07, 6.45) is 3.87. The van der Waals surface area contributed by atoms with E-state index in [1.165, 1.54) is 6.08 Å². The molecule has 3 rings (SSSR count). The van der Waals surface area contributed by atoms with Crippen LogP contribution in [0.1, 0.15) is 37.8 Å². The van der Waals surface area contributed by atoms with Crippen LogP contribution in [0.2, 0.25) is 0 Å². The minimum absolute atomic E-state index is 0.248. The van der Waals surface area contributed by atoms with E-state index in [9.17, 15) is 4.79 Å². The van der Waals surface area contributed by atoms with Crippen molar-refractivity contribution in [3.63, 3.8) is 0 Å². The molecule has 0 aliphatic carbocycles. The molecule has 0 fully saturated rings. The molecule has 2 aromatic carbocycles. The van der Waals surface area contributed by atoms with Crippen molar-refractivity contribution in [2.45, 2.75) is 26.3 Å². The van der Waals surface area contributed by atoms with E-state index in [4.69, 9.17) is 18.6 Å². The van der Waals surface area contributed by atoms with E-state index in [1.54, 1.807) is 39.5 Å². The molecular formula is C24H28N2O5. The van der Waals surface area contributed by atoms with Crippen molar-refractivity contribution in [3.8, 4) is 17.2 Å². The van der Waals surface area contributed by atoms with Crippen molar-refractivity contribution in [2.75, 3.05) is 21.3 Å². The van der Waals surface area contributed by atoms with Crippen LogP contribution in [0.25, 0.3) is 17.2 Å². The second-order valence-corrected chi connectivity index (χ2v) is 7.50. The second-order valence-electron chi connectivity index (χ2n) is 7.50. The normalized spacial score (nSPS) is 12.3. The summed E-state index contributed by atoms with van der Waals surface area (Å²) < 4.78 is 21.9. The number of aromatic nitrogens is 1. The van der Waals surface area contributed by atoms with Crippen LogP contribution in [0.5, 0.6) is 17.2 Å². The van der Waals surface area contributed by atoms with Gasteiger partial charge in [0.1, 0.15) is 11.6 Å². The molecule has 0 radical (unpaired) electrons. The fourth-order valence-electron chi connectivity index (χ4n) is 3.32. The summed E-state index contributed by atoms with van der Waals surface area (Å²) in [6, 6.07) is 10.8. The van der Waals surface area contributed by atoms with Crippen LogP contribution >= 0.6 is 0 Å². The van der Waals surface area contributed by atoms with E-state index in [0.29, 0.717) is 41.1 Å². The Morgan fingerprint density at radius 3 is 2.35 bits per heavy atom. The number of hydrogen-bond donors (Lipinski definition) is 1. The first-order valence-corrected chi connectivity index (χ1v) is 10.1. The van der Waals surface area contributed by atoms with Gasteiger partial charge in [-0.1, -0.05) is 26.0 Å². The van der Waals surface area contributed by atoms with Crippen molar-refractivity contribution in [1.29, 1.82) is 0 Å². The van der Waals surface area contributed by atoms with E-state index in [0.717, 1.165) is 11.1 Å². The maximum Gasteiger partial charge on any atom is 0.244 e. The Hall–Kier alpha value is -3.48. The number of hydrogen-bond acceptors (Lipinski definition) is 6. The van der Waals surface area contributed by atoms with Crippen LogP contribution in [-0.2, 0) is 4.79 Å². The molecule has 1 aromatic heterocycles. The van der Waals surface area contributed by atoms with Crippen LogP contribution in [0.15, 0.2) is 46.9 Å². The molecule has 3 aromatic rings. The summed E-state index contributed by atoms with van der Waals surface area (Å²) in [4.78, 5) is 17.2. The maximum atomic E-state index is 12.7. The van der Waals surface area contributed by atoms with Crippen LogP contribution in [0.3, 0.4) is 0 Å². The summed E-state index contributed by atoms with van der Waals surface area (Å²) in [5, 5.41) is 3.01. The molecular weight excluding hydrogens is 396 g/mol. The van der Waals surface area contributed by atoms with Gasteiger partial charge in [0.25, 0.3) is 0 Å². The van der Waals surface area contributed by atoms with E-state index in [2.05, 4.69) is 24.1 Å². The molecule has 0 spiro atoms. The zero-order chi connectivity index (χ0) is 22.4. The van der Waals surface area contributed by atoms with Gasteiger partial charge < -0.3 is 23.9 Å². The lowest BCUT2D eigenvalue weighted by molar-refractivity contribution is -0.117. The number of ether oxygens (including phenoxy) is 3. The third-order valence-corrected chi connectivity index (χ3v) is 4.75. The highest BCUT2D eigenvalue weighted by Gasteiger charge is 2.21. The Morgan fingerprint density at radius 2 is 1.77 bits per heavy atom. The van der Waals surface area contributed by atoms with E-state index >= 15 is 0 Å². The summed E-state index contributed by atoms with van der Waals surface area (Å²) in [7, 11) is 4.65. The van der Waals surface area contributed by atoms with E-state index in [-0.39, 0.29) is 11.9 Å². The number of rotatable bonds is 9. The smallest absolute Gasteiger partial charge is 0.244 e. The largest absolute Gasteiger partial charge is 0.493 e. The van der Waals surface area contributed by atoms with Gasteiger partial charge >= 0.3 is 0 Å². The molecule has 0 aliphatic heterocycles. The Labute approximate surface area is 182 Å². The first-order chi connectivity index (χ1) is 14.9. The standard InChI is InChI=1S/C24H28N2O5/c1-15(2)12-18(24-26-17-8-6-7-9-19(17)31-24)25-22(27)11-10-16-13-20(28-3)23(30-5)21(14-16)29-4/h6-11,13-15,18H,12H2,1-5H3,(H,25,27)/b11-10+/t18-/m0/s1. The minimum atomic E-state index is -0.329. The molecule has 164 valence electrons. The number of amides is 1. The Morgan fingerprint density at radius 1 is 1.10 bits per heavy atom. The molecule has 1 amide bonds. The molecule has 0 aliphatic rings. The number of carbonyl (C=O) groups excluding carboxylic acids is 1. The quantitative estimate of drug-likeness (QED) is 0.498. The molecule has 1 atom stereocenters. The van der Waals surface area contributed by atoms with Crippen molar-refractivity contribution in [1.82, 2.24) is 10.3 Å². The molecule has 0 unspecified atom stereocenters. The van der Waals surface area contributed by atoms with Crippen molar-refractivity contribution in [2.24, 2.45) is 5.92 Å².